The van der Waals surface area contributed by atoms with E-state index in [1.807, 2.05) is 42.8 Å². The van der Waals surface area contributed by atoms with Crippen LogP contribution in [0.25, 0.3) is 5.57 Å². The summed E-state index contributed by atoms with van der Waals surface area (Å²) in [5, 5.41) is 0. The van der Waals surface area contributed by atoms with Gasteiger partial charge < -0.3 is 4.98 Å². The maximum absolute atomic E-state index is 4.42. The normalized spacial score (nSPS) is 16.3. The molecule has 0 fully saturated rings. The van der Waals surface area contributed by atoms with Crippen LogP contribution >= 0.6 is 0 Å². The topological polar surface area (TPSA) is 28.1 Å². The lowest BCUT2D eigenvalue weighted by atomic mass is 10.0. The molecule has 1 aromatic carbocycles. The molecular weight excluding hydrogens is 220 g/mol. The van der Waals surface area contributed by atoms with Gasteiger partial charge in [0.2, 0.25) is 0 Å². The highest BCUT2D eigenvalue weighted by molar-refractivity contribution is 5.88. The highest BCUT2D eigenvalue weighted by Gasteiger charge is 2.12. The Bertz CT molecular complexity index is 629. The second-order valence-electron chi connectivity index (χ2n) is 4.35. The molecule has 1 N–H and O–H groups in total. The van der Waals surface area contributed by atoms with Gasteiger partial charge in [-0.15, -0.1) is 0 Å². The van der Waals surface area contributed by atoms with Crippen LogP contribution in [0.15, 0.2) is 65.4 Å². The van der Waals surface area contributed by atoms with Crippen LogP contribution < -0.4 is 0 Å². The summed E-state index contributed by atoms with van der Waals surface area (Å²) in [7, 11) is 0. The third-order valence-electron chi connectivity index (χ3n) is 2.97. The molecule has 0 atom stereocenters. The van der Waals surface area contributed by atoms with Gasteiger partial charge in [0.25, 0.3) is 0 Å². The molecule has 3 rings (SSSR count). The van der Waals surface area contributed by atoms with Gasteiger partial charge >= 0.3 is 0 Å². The molecule has 0 unspecified atom stereocenters. The molecule has 18 heavy (non-hydrogen) atoms. The summed E-state index contributed by atoms with van der Waals surface area (Å²) in [6.07, 6.45) is 7.85. The van der Waals surface area contributed by atoms with Crippen LogP contribution in [0, 0.1) is 6.92 Å². The van der Waals surface area contributed by atoms with Crippen molar-refractivity contribution < 1.29 is 0 Å². The van der Waals surface area contributed by atoms with Crippen molar-refractivity contribution >= 4 is 11.8 Å². The number of aromatic nitrogens is 1. The van der Waals surface area contributed by atoms with Gasteiger partial charge in [0.05, 0.1) is 5.70 Å². The predicted molar refractivity (Wildman–Crippen MR) is 75.6 cm³/mol. The van der Waals surface area contributed by atoms with Crippen molar-refractivity contribution in [1.29, 1.82) is 0 Å². The minimum absolute atomic E-state index is 1.00. The maximum atomic E-state index is 4.42. The highest BCUT2D eigenvalue weighted by atomic mass is 14.8. The number of aryl methyl sites for hydroxylation is 1. The van der Waals surface area contributed by atoms with Gasteiger partial charge in [-0.2, -0.15) is 0 Å². The Kier molecular flexibility index (Phi) is 2.69. The highest BCUT2D eigenvalue weighted by Crippen LogP contribution is 2.28. The molecule has 2 heterocycles. The molecule has 88 valence electrons. The Morgan fingerprint density at radius 2 is 2.00 bits per heavy atom. The third kappa shape index (κ3) is 1.93. The summed E-state index contributed by atoms with van der Waals surface area (Å²) >= 11 is 0. The number of aliphatic imine (C=N–C) groups is 1. The molecule has 1 aliphatic heterocycles. The number of rotatable bonds is 2. The first-order valence-electron chi connectivity index (χ1n) is 6.00. The van der Waals surface area contributed by atoms with E-state index in [0.29, 0.717) is 0 Å². The summed E-state index contributed by atoms with van der Waals surface area (Å²) in [4.78, 5) is 7.74. The van der Waals surface area contributed by atoms with Gasteiger partial charge in [-0.3, -0.25) is 4.99 Å². The number of benzene rings is 1. The van der Waals surface area contributed by atoms with Gasteiger partial charge in [0.1, 0.15) is 0 Å². The second-order valence-corrected chi connectivity index (χ2v) is 4.35. The molecule has 2 heteroatoms. The molecule has 0 saturated carbocycles. The Morgan fingerprint density at radius 1 is 1.17 bits per heavy atom. The van der Waals surface area contributed by atoms with Crippen LogP contribution in [0.5, 0.6) is 0 Å². The maximum Gasteiger partial charge on any atom is 0.0729 e. The lowest BCUT2D eigenvalue weighted by molar-refractivity contribution is 1.31. The van der Waals surface area contributed by atoms with Gasteiger partial charge in [0, 0.05) is 23.7 Å². The summed E-state index contributed by atoms with van der Waals surface area (Å²) < 4.78 is 0. The first-order valence-corrected chi connectivity index (χ1v) is 6.00. The smallest absolute Gasteiger partial charge is 0.0729 e. The molecule has 0 amide bonds. The minimum Gasteiger partial charge on any atom is -0.361 e. The average molecular weight is 234 g/mol. The standard InChI is InChI=1S/C16H14N2/c1-12-10-15(18-11-12)16(14-8-5-9-17-14)13-6-3-2-4-7-13/h2-11,18H,1H3/b16-14-. The molecular formula is C16H14N2. The third-order valence-corrected chi connectivity index (χ3v) is 2.97. The van der Waals surface area contributed by atoms with Crippen molar-refractivity contribution in [2.45, 2.75) is 6.92 Å². The summed E-state index contributed by atoms with van der Waals surface area (Å²) in [6, 6.07) is 12.5. The Labute approximate surface area is 106 Å². The van der Waals surface area contributed by atoms with E-state index in [1.165, 1.54) is 11.1 Å². The largest absolute Gasteiger partial charge is 0.361 e. The van der Waals surface area contributed by atoms with E-state index in [-0.39, 0.29) is 0 Å². The molecule has 1 aliphatic rings. The van der Waals surface area contributed by atoms with Crippen molar-refractivity contribution in [2.75, 3.05) is 0 Å². The zero-order valence-electron chi connectivity index (χ0n) is 10.2. The van der Waals surface area contributed by atoms with Crippen LogP contribution in [0.1, 0.15) is 16.8 Å². The monoisotopic (exact) mass is 234 g/mol. The van der Waals surface area contributed by atoms with E-state index in [1.54, 1.807) is 0 Å². The fourth-order valence-corrected chi connectivity index (χ4v) is 2.14. The second kappa shape index (κ2) is 4.49. The Morgan fingerprint density at radius 3 is 2.61 bits per heavy atom. The zero-order valence-corrected chi connectivity index (χ0v) is 10.2. The number of H-pyrrole nitrogens is 1. The van der Waals surface area contributed by atoms with E-state index in [9.17, 15) is 0 Å². The molecule has 2 nitrogen and oxygen atoms in total. The number of hydrogen-bond donors (Lipinski definition) is 1. The first-order chi connectivity index (χ1) is 8.84. The van der Waals surface area contributed by atoms with Crippen LogP contribution in [-0.4, -0.2) is 11.2 Å². The van der Waals surface area contributed by atoms with Crippen molar-refractivity contribution in [3.05, 3.63) is 77.3 Å². The van der Waals surface area contributed by atoms with Crippen molar-refractivity contribution in [3.8, 4) is 0 Å². The summed E-state index contributed by atoms with van der Waals surface area (Å²) in [5.74, 6) is 0. The van der Waals surface area contributed by atoms with Crippen molar-refractivity contribution in [3.63, 3.8) is 0 Å². The van der Waals surface area contributed by atoms with Crippen LogP contribution in [0.4, 0.5) is 0 Å². The van der Waals surface area contributed by atoms with Crippen molar-refractivity contribution in [2.24, 2.45) is 4.99 Å². The molecule has 2 aromatic rings. The van der Waals surface area contributed by atoms with Crippen LogP contribution in [0.2, 0.25) is 0 Å². The van der Waals surface area contributed by atoms with Crippen molar-refractivity contribution in [1.82, 2.24) is 4.98 Å². The predicted octanol–water partition coefficient (Wildman–Crippen LogP) is 3.72. The zero-order chi connectivity index (χ0) is 12.4. The Balaban J connectivity index is 2.20. The van der Waals surface area contributed by atoms with Crippen LogP contribution in [-0.2, 0) is 0 Å². The quantitative estimate of drug-likeness (QED) is 0.820. The van der Waals surface area contributed by atoms with E-state index < -0.39 is 0 Å². The SMILES string of the molecule is Cc1c[nH]c(/C(=C2/C=CC=N2)c2ccccc2)c1. The van der Waals surface area contributed by atoms with Gasteiger partial charge in [0.15, 0.2) is 0 Å². The number of aromatic amines is 1. The lowest BCUT2D eigenvalue weighted by Crippen LogP contribution is -1.91. The van der Waals surface area contributed by atoms with E-state index in [4.69, 9.17) is 0 Å². The number of nitrogens with zero attached hydrogens (tertiary/aromatic N) is 1. The lowest BCUT2D eigenvalue weighted by Gasteiger charge is -2.07. The van der Waals surface area contributed by atoms with E-state index in [0.717, 1.165) is 17.0 Å². The van der Waals surface area contributed by atoms with Gasteiger partial charge in [-0.25, -0.2) is 0 Å². The van der Waals surface area contributed by atoms with Gasteiger partial charge in [-0.1, -0.05) is 30.3 Å². The Hall–Kier alpha value is -2.35. The molecule has 0 saturated heterocycles. The minimum atomic E-state index is 1.00. The molecule has 1 aromatic heterocycles. The number of nitrogens with one attached hydrogen (secondary N) is 1. The first kappa shape index (κ1) is 10.8. The fraction of sp³-hybridized carbons (Fsp3) is 0.0625. The van der Waals surface area contributed by atoms with Gasteiger partial charge in [-0.05, 0) is 36.3 Å². The molecule has 0 radical (unpaired) electrons. The summed E-state index contributed by atoms with van der Waals surface area (Å²) in [5.41, 5.74) is 5.66. The number of allylic oxidation sites excluding steroid dienone is 2. The molecule has 0 aliphatic carbocycles. The number of hydrogen-bond acceptors (Lipinski definition) is 1. The molecule has 0 spiro atoms. The van der Waals surface area contributed by atoms with E-state index >= 15 is 0 Å². The fourth-order valence-electron chi connectivity index (χ4n) is 2.14. The van der Waals surface area contributed by atoms with Crippen LogP contribution in [0.3, 0.4) is 0 Å². The van der Waals surface area contributed by atoms with E-state index in [2.05, 4.69) is 35.1 Å². The average Bonchev–Trinajstić information content (AvgIpc) is 3.04. The summed E-state index contributed by atoms with van der Waals surface area (Å²) in [6.45, 7) is 2.08. The molecule has 0 bridgehead atoms.